The number of benzene rings is 3. The third-order valence-electron chi connectivity index (χ3n) is 4.33. The lowest BCUT2D eigenvalue weighted by atomic mass is 10.0. The molecule has 0 atom stereocenters. The summed E-state index contributed by atoms with van der Waals surface area (Å²) in [6.07, 6.45) is 1.15. The smallest absolute Gasteiger partial charge is 0.239 e. The summed E-state index contributed by atoms with van der Waals surface area (Å²) >= 11 is 1.77. The molecule has 5 heteroatoms. The molecule has 0 aliphatic heterocycles. The Hall–Kier alpha value is -2.79. The molecule has 3 aromatic carbocycles. The summed E-state index contributed by atoms with van der Waals surface area (Å²) in [6.45, 7) is 0.618. The summed E-state index contributed by atoms with van der Waals surface area (Å²) < 4.78 is 0. The van der Waals surface area contributed by atoms with Crippen molar-refractivity contribution in [1.82, 2.24) is 10.6 Å². The van der Waals surface area contributed by atoms with Gasteiger partial charge in [0, 0.05) is 11.4 Å². The molecule has 0 aliphatic rings. The summed E-state index contributed by atoms with van der Waals surface area (Å²) in [4.78, 5) is 25.3. The predicted octanol–water partition coefficient (Wildman–Crippen LogP) is 3.80. The second kappa shape index (κ2) is 10.5. The topological polar surface area (TPSA) is 58.2 Å². The Morgan fingerprint density at radius 1 is 0.786 bits per heavy atom. The van der Waals surface area contributed by atoms with Gasteiger partial charge in [-0.15, -0.1) is 11.8 Å². The van der Waals surface area contributed by atoms with Crippen molar-refractivity contribution in [3.63, 3.8) is 0 Å². The summed E-state index contributed by atoms with van der Waals surface area (Å²) in [5.41, 5.74) is 0.967. The van der Waals surface area contributed by atoms with E-state index < -0.39 is 0 Å². The van der Waals surface area contributed by atoms with Crippen LogP contribution in [-0.4, -0.2) is 30.7 Å². The highest BCUT2D eigenvalue weighted by Gasteiger charge is 2.08. The lowest BCUT2D eigenvalue weighted by molar-refractivity contribution is -0.125. The van der Waals surface area contributed by atoms with Gasteiger partial charge < -0.3 is 10.6 Å². The lowest BCUT2D eigenvalue weighted by Crippen LogP contribution is -2.38. The molecule has 0 saturated carbocycles. The summed E-state index contributed by atoms with van der Waals surface area (Å²) in [6, 6.07) is 24.1. The highest BCUT2D eigenvalue weighted by molar-refractivity contribution is 7.99. The maximum absolute atomic E-state index is 12.2. The zero-order valence-electron chi connectivity index (χ0n) is 15.7. The number of nitrogens with one attached hydrogen (secondary N) is 2. The van der Waals surface area contributed by atoms with Crippen LogP contribution < -0.4 is 10.6 Å². The van der Waals surface area contributed by atoms with Crippen LogP contribution >= 0.6 is 11.8 Å². The van der Waals surface area contributed by atoms with Gasteiger partial charge in [-0.05, 0) is 40.6 Å². The average Bonchev–Trinajstić information content (AvgIpc) is 2.73. The monoisotopic (exact) mass is 392 g/mol. The van der Waals surface area contributed by atoms with Crippen LogP contribution in [0.1, 0.15) is 12.0 Å². The molecule has 144 valence electrons. The van der Waals surface area contributed by atoms with Crippen LogP contribution in [0.2, 0.25) is 0 Å². The highest BCUT2D eigenvalue weighted by atomic mass is 32.2. The first-order valence-electron chi connectivity index (χ1n) is 9.40. The Kier molecular flexibility index (Phi) is 7.50. The van der Waals surface area contributed by atoms with E-state index in [1.54, 1.807) is 11.8 Å². The molecule has 3 rings (SSSR count). The molecule has 0 fully saturated rings. The van der Waals surface area contributed by atoms with E-state index in [4.69, 9.17) is 0 Å². The summed E-state index contributed by atoms with van der Waals surface area (Å²) in [5, 5.41) is 7.74. The maximum Gasteiger partial charge on any atom is 0.239 e. The van der Waals surface area contributed by atoms with Crippen LogP contribution in [-0.2, 0) is 16.0 Å². The Balaban J connectivity index is 1.34. The van der Waals surface area contributed by atoms with Gasteiger partial charge in [0.2, 0.25) is 11.8 Å². The minimum atomic E-state index is -0.156. The minimum Gasteiger partial charge on any atom is -0.355 e. The van der Waals surface area contributed by atoms with Crippen LogP contribution in [0, 0.1) is 0 Å². The van der Waals surface area contributed by atoms with E-state index in [2.05, 4.69) is 22.8 Å². The van der Waals surface area contributed by atoms with Crippen molar-refractivity contribution in [1.29, 1.82) is 0 Å². The van der Waals surface area contributed by atoms with Gasteiger partial charge >= 0.3 is 0 Å². The van der Waals surface area contributed by atoms with E-state index in [1.165, 1.54) is 4.90 Å². The molecule has 2 amide bonds. The molecule has 0 heterocycles. The largest absolute Gasteiger partial charge is 0.355 e. The normalized spacial score (nSPS) is 10.6. The molecule has 4 nitrogen and oxygen atoms in total. The quantitative estimate of drug-likeness (QED) is 0.430. The van der Waals surface area contributed by atoms with Crippen LogP contribution in [0.3, 0.4) is 0 Å². The first-order chi connectivity index (χ1) is 13.7. The molecule has 0 radical (unpaired) electrons. The van der Waals surface area contributed by atoms with E-state index in [9.17, 15) is 9.59 Å². The number of rotatable bonds is 9. The van der Waals surface area contributed by atoms with Gasteiger partial charge in [-0.3, -0.25) is 9.59 Å². The number of hydrogen-bond acceptors (Lipinski definition) is 3. The number of hydrogen-bond donors (Lipinski definition) is 2. The van der Waals surface area contributed by atoms with Crippen LogP contribution in [0.15, 0.2) is 77.7 Å². The lowest BCUT2D eigenvalue weighted by Gasteiger charge is -2.09. The fourth-order valence-electron chi connectivity index (χ4n) is 2.93. The SMILES string of the molecule is O=C(CNC(=O)Cc1cccc2ccccc12)NCCCSc1ccccc1. The fraction of sp³-hybridized carbons (Fsp3) is 0.217. The molecule has 0 spiro atoms. The standard InChI is InChI=1S/C23H24N2O2S/c26-22(16-19-10-6-9-18-8-4-5-13-21(18)19)25-17-23(27)24-14-7-15-28-20-11-2-1-3-12-20/h1-6,8-13H,7,14-17H2,(H,24,27)(H,25,26). The number of fused-ring (bicyclic) bond motifs is 1. The Bertz CT molecular complexity index is 923. The van der Waals surface area contributed by atoms with Gasteiger partial charge in [0.15, 0.2) is 0 Å². The van der Waals surface area contributed by atoms with Crippen molar-refractivity contribution in [3.05, 3.63) is 78.4 Å². The zero-order chi connectivity index (χ0) is 19.6. The van der Waals surface area contributed by atoms with Crippen LogP contribution in [0.5, 0.6) is 0 Å². The van der Waals surface area contributed by atoms with Gasteiger partial charge in [0.05, 0.1) is 13.0 Å². The van der Waals surface area contributed by atoms with E-state index in [1.807, 2.05) is 60.7 Å². The van der Waals surface area contributed by atoms with E-state index in [-0.39, 0.29) is 24.8 Å². The number of carbonyl (C=O) groups excluding carboxylic acids is 2. The third-order valence-corrected chi connectivity index (χ3v) is 5.43. The zero-order valence-corrected chi connectivity index (χ0v) is 16.5. The molecular weight excluding hydrogens is 368 g/mol. The Morgan fingerprint density at radius 3 is 2.39 bits per heavy atom. The van der Waals surface area contributed by atoms with Gasteiger partial charge in [0.25, 0.3) is 0 Å². The van der Waals surface area contributed by atoms with Crippen molar-refractivity contribution in [2.75, 3.05) is 18.8 Å². The maximum atomic E-state index is 12.2. The number of thioether (sulfide) groups is 1. The molecule has 0 unspecified atom stereocenters. The summed E-state index contributed by atoms with van der Waals surface area (Å²) in [7, 11) is 0. The minimum absolute atomic E-state index is 0.00935. The first-order valence-corrected chi connectivity index (χ1v) is 10.4. The number of amides is 2. The third kappa shape index (κ3) is 6.13. The van der Waals surface area contributed by atoms with E-state index >= 15 is 0 Å². The van der Waals surface area contributed by atoms with Gasteiger partial charge in [-0.1, -0.05) is 60.7 Å². The Labute approximate surface area is 169 Å². The molecule has 0 aromatic heterocycles. The van der Waals surface area contributed by atoms with Gasteiger partial charge in [-0.2, -0.15) is 0 Å². The van der Waals surface area contributed by atoms with E-state index in [0.29, 0.717) is 6.54 Å². The Morgan fingerprint density at radius 2 is 1.54 bits per heavy atom. The molecule has 28 heavy (non-hydrogen) atoms. The second-order valence-electron chi connectivity index (χ2n) is 6.46. The van der Waals surface area contributed by atoms with Crippen LogP contribution in [0.4, 0.5) is 0 Å². The average molecular weight is 393 g/mol. The van der Waals surface area contributed by atoms with Gasteiger partial charge in [-0.25, -0.2) is 0 Å². The second-order valence-corrected chi connectivity index (χ2v) is 7.63. The van der Waals surface area contributed by atoms with Gasteiger partial charge in [0.1, 0.15) is 0 Å². The molecule has 0 saturated heterocycles. The van der Waals surface area contributed by atoms with Crippen molar-refractivity contribution >= 4 is 34.3 Å². The van der Waals surface area contributed by atoms with Crippen molar-refractivity contribution in [2.45, 2.75) is 17.7 Å². The molecule has 0 bridgehead atoms. The van der Waals surface area contributed by atoms with Crippen molar-refractivity contribution in [3.8, 4) is 0 Å². The molecular formula is C23H24N2O2S. The molecule has 0 aliphatic carbocycles. The highest BCUT2D eigenvalue weighted by Crippen LogP contribution is 2.19. The molecule has 3 aromatic rings. The van der Waals surface area contributed by atoms with Crippen molar-refractivity contribution < 1.29 is 9.59 Å². The van der Waals surface area contributed by atoms with Crippen molar-refractivity contribution in [2.24, 2.45) is 0 Å². The fourth-order valence-corrected chi connectivity index (χ4v) is 3.80. The molecule has 2 N–H and O–H groups in total. The summed E-state index contributed by atoms with van der Waals surface area (Å²) in [5.74, 6) is 0.639. The van der Waals surface area contributed by atoms with Crippen LogP contribution in [0.25, 0.3) is 10.8 Å². The number of carbonyl (C=O) groups is 2. The first kappa shape index (κ1) is 20.0. The van der Waals surface area contributed by atoms with E-state index in [0.717, 1.165) is 28.5 Å². The predicted molar refractivity (Wildman–Crippen MR) is 115 cm³/mol.